The lowest BCUT2D eigenvalue weighted by Gasteiger charge is -2.14. The van der Waals surface area contributed by atoms with Crippen molar-refractivity contribution < 1.29 is 9.47 Å². The fourth-order valence-electron chi connectivity index (χ4n) is 2.39. The van der Waals surface area contributed by atoms with Gasteiger partial charge in [0.25, 0.3) is 5.56 Å². The minimum atomic E-state index is -0.340. The zero-order valence-electron chi connectivity index (χ0n) is 12.8. The minimum absolute atomic E-state index is 0.112. The Balaban J connectivity index is 2.22. The molecular formula is C16H14ClN3O3. The van der Waals surface area contributed by atoms with E-state index in [1.165, 1.54) is 12.4 Å². The van der Waals surface area contributed by atoms with Gasteiger partial charge in [-0.15, -0.1) is 0 Å². The summed E-state index contributed by atoms with van der Waals surface area (Å²) in [5.74, 6) is 1.37. The first-order valence-electron chi connectivity index (χ1n) is 6.87. The van der Waals surface area contributed by atoms with Crippen LogP contribution in [0.1, 0.15) is 11.1 Å². The van der Waals surface area contributed by atoms with E-state index < -0.39 is 0 Å². The van der Waals surface area contributed by atoms with E-state index in [0.717, 1.165) is 11.1 Å². The number of H-pyrrole nitrogens is 1. The number of rotatable bonds is 3. The van der Waals surface area contributed by atoms with Crippen molar-refractivity contribution in [1.82, 2.24) is 15.0 Å². The molecule has 3 aromatic rings. The van der Waals surface area contributed by atoms with Gasteiger partial charge in [0, 0.05) is 11.6 Å². The summed E-state index contributed by atoms with van der Waals surface area (Å²) in [6.45, 7) is 3.77. The molecule has 0 amide bonds. The van der Waals surface area contributed by atoms with Gasteiger partial charge in [0.15, 0.2) is 0 Å². The van der Waals surface area contributed by atoms with E-state index >= 15 is 0 Å². The van der Waals surface area contributed by atoms with E-state index in [0.29, 0.717) is 17.0 Å². The van der Waals surface area contributed by atoms with Crippen LogP contribution in [0.15, 0.2) is 29.3 Å². The molecule has 23 heavy (non-hydrogen) atoms. The Morgan fingerprint density at radius 1 is 1.26 bits per heavy atom. The highest BCUT2D eigenvalue weighted by Crippen LogP contribution is 2.35. The van der Waals surface area contributed by atoms with Crippen molar-refractivity contribution in [2.45, 2.75) is 13.8 Å². The highest BCUT2D eigenvalue weighted by Gasteiger charge is 2.16. The second kappa shape index (κ2) is 5.89. The summed E-state index contributed by atoms with van der Waals surface area (Å²) in [5, 5.41) is 0.447. The third kappa shape index (κ3) is 2.73. The normalized spacial score (nSPS) is 10.8. The van der Waals surface area contributed by atoms with Crippen molar-refractivity contribution in [2.24, 2.45) is 0 Å². The van der Waals surface area contributed by atoms with Gasteiger partial charge in [-0.1, -0.05) is 17.7 Å². The summed E-state index contributed by atoms with van der Waals surface area (Å²) in [6, 6.07) is 5.25. The summed E-state index contributed by atoms with van der Waals surface area (Å²) < 4.78 is 11.2. The maximum Gasteiger partial charge on any atom is 0.264 e. The topological polar surface area (TPSA) is 77.1 Å². The molecule has 0 aliphatic carbocycles. The molecular weight excluding hydrogens is 318 g/mol. The molecule has 0 saturated carbocycles. The number of ether oxygens (including phenoxy) is 2. The number of hydrogen-bond acceptors (Lipinski definition) is 5. The monoisotopic (exact) mass is 331 g/mol. The molecule has 0 bridgehead atoms. The largest absolute Gasteiger partial charge is 0.496 e. The van der Waals surface area contributed by atoms with Gasteiger partial charge in [0.2, 0.25) is 5.88 Å². The number of methoxy groups -OCH3 is 1. The van der Waals surface area contributed by atoms with Crippen molar-refractivity contribution in [2.75, 3.05) is 7.11 Å². The molecule has 118 valence electrons. The van der Waals surface area contributed by atoms with Crippen molar-refractivity contribution in [3.63, 3.8) is 0 Å². The van der Waals surface area contributed by atoms with E-state index in [-0.39, 0.29) is 22.0 Å². The molecule has 7 heteroatoms. The molecule has 3 rings (SSSR count). The second-order valence-corrected chi connectivity index (χ2v) is 5.40. The van der Waals surface area contributed by atoms with Crippen LogP contribution in [-0.4, -0.2) is 22.1 Å². The number of pyridine rings is 1. The first-order chi connectivity index (χ1) is 11.0. The maximum absolute atomic E-state index is 12.1. The highest BCUT2D eigenvalue weighted by molar-refractivity contribution is 6.30. The van der Waals surface area contributed by atoms with E-state index in [1.807, 2.05) is 26.0 Å². The van der Waals surface area contributed by atoms with Crippen LogP contribution in [0.3, 0.4) is 0 Å². The van der Waals surface area contributed by atoms with Gasteiger partial charge in [-0.25, -0.2) is 9.97 Å². The molecule has 6 nitrogen and oxygen atoms in total. The third-order valence-electron chi connectivity index (χ3n) is 3.53. The molecule has 0 radical (unpaired) electrons. The smallest absolute Gasteiger partial charge is 0.264 e. The molecule has 0 aliphatic heterocycles. The average molecular weight is 332 g/mol. The molecule has 0 spiro atoms. The van der Waals surface area contributed by atoms with Crippen LogP contribution in [0.5, 0.6) is 17.4 Å². The number of halogens is 1. The van der Waals surface area contributed by atoms with Gasteiger partial charge < -0.3 is 14.5 Å². The fraction of sp³-hybridized carbons (Fsp3) is 0.188. The van der Waals surface area contributed by atoms with E-state index in [1.54, 1.807) is 7.11 Å². The van der Waals surface area contributed by atoms with Crippen LogP contribution in [0.2, 0.25) is 5.15 Å². The van der Waals surface area contributed by atoms with Crippen LogP contribution in [0, 0.1) is 13.8 Å². The molecule has 0 unspecified atom stereocenters. The average Bonchev–Trinajstić information content (AvgIpc) is 2.51. The molecule has 2 aromatic heterocycles. The molecule has 1 N–H and O–H groups in total. The predicted molar refractivity (Wildman–Crippen MR) is 87.7 cm³/mol. The Morgan fingerprint density at radius 3 is 2.78 bits per heavy atom. The number of fused-ring (bicyclic) bond motifs is 1. The van der Waals surface area contributed by atoms with Gasteiger partial charge in [0.1, 0.15) is 22.0 Å². The summed E-state index contributed by atoms with van der Waals surface area (Å²) in [6.07, 6.45) is 1.31. The lowest BCUT2D eigenvalue weighted by molar-refractivity contribution is 0.402. The predicted octanol–water partition coefficient (Wildman–Crippen LogP) is 3.39. The lowest BCUT2D eigenvalue weighted by atomic mass is 10.1. The number of aromatic amines is 1. The number of nitrogens with zero attached hydrogens (tertiary/aromatic N) is 2. The molecule has 0 fully saturated rings. The van der Waals surface area contributed by atoms with E-state index in [9.17, 15) is 4.79 Å². The number of nitrogens with one attached hydrogen (secondary N) is 1. The third-order valence-corrected chi connectivity index (χ3v) is 3.73. The Labute approximate surface area is 137 Å². The van der Waals surface area contributed by atoms with Gasteiger partial charge in [-0.05, 0) is 25.5 Å². The SMILES string of the molecule is COc1ccc(C)c(Oc2nc(Cl)cc3nc[nH]c(=O)c23)c1C. The van der Waals surface area contributed by atoms with Crippen LogP contribution >= 0.6 is 11.6 Å². The highest BCUT2D eigenvalue weighted by atomic mass is 35.5. The molecule has 1 aromatic carbocycles. The summed E-state index contributed by atoms with van der Waals surface area (Å²) in [7, 11) is 1.59. The Hall–Kier alpha value is -2.60. The Morgan fingerprint density at radius 2 is 2.04 bits per heavy atom. The Bertz CT molecular complexity index is 953. The second-order valence-electron chi connectivity index (χ2n) is 5.02. The quantitative estimate of drug-likeness (QED) is 0.744. The fourth-order valence-corrected chi connectivity index (χ4v) is 2.57. The molecule has 0 saturated heterocycles. The Kier molecular flexibility index (Phi) is 3.92. The summed E-state index contributed by atoms with van der Waals surface area (Å²) >= 11 is 6.01. The standard InChI is InChI=1S/C16H14ClN3O3/c1-8-4-5-11(22-3)9(2)14(8)23-16-13-10(6-12(17)20-16)18-7-19-15(13)21/h4-7H,1-3H3,(H,18,19,21). The van der Waals surface area contributed by atoms with Crippen molar-refractivity contribution in [3.05, 3.63) is 51.2 Å². The van der Waals surface area contributed by atoms with Gasteiger partial charge >= 0.3 is 0 Å². The number of aromatic nitrogens is 3. The van der Waals surface area contributed by atoms with Crippen molar-refractivity contribution in [3.8, 4) is 17.4 Å². The van der Waals surface area contributed by atoms with E-state index in [2.05, 4.69) is 15.0 Å². The number of aryl methyl sites for hydroxylation is 1. The lowest BCUT2D eigenvalue weighted by Crippen LogP contribution is -2.09. The number of benzene rings is 1. The van der Waals surface area contributed by atoms with Crippen molar-refractivity contribution in [1.29, 1.82) is 0 Å². The first-order valence-corrected chi connectivity index (χ1v) is 7.25. The van der Waals surface area contributed by atoms with Crippen molar-refractivity contribution >= 4 is 22.5 Å². The molecule has 0 atom stereocenters. The van der Waals surface area contributed by atoms with Gasteiger partial charge in [0.05, 0.1) is 19.0 Å². The van der Waals surface area contributed by atoms with Crippen LogP contribution in [0.25, 0.3) is 10.9 Å². The van der Waals surface area contributed by atoms with Crippen LogP contribution in [0.4, 0.5) is 0 Å². The maximum atomic E-state index is 12.1. The van der Waals surface area contributed by atoms with Crippen LogP contribution < -0.4 is 15.0 Å². The zero-order valence-corrected chi connectivity index (χ0v) is 13.6. The zero-order chi connectivity index (χ0) is 16.6. The minimum Gasteiger partial charge on any atom is -0.496 e. The van der Waals surface area contributed by atoms with Gasteiger partial charge in [-0.3, -0.25) is 4.79 Å². The molecule has 0 aliphatic rings. The summed E-state index contributed by atoms with van der Waals surface area (Å²) in [4.78, 5) is 22.9. The number of hydrogen-bond donors (Lipinski definition) is 1. The van der Waals surface area contributed by atoms with E-state index in [4.69, 9.17) is 21.1 Å². The molecule has 2 heterocycles. The van der Waals surface area contributed by atoms with Gasteiger partial charge in [-0.2, -0.15) is 0 Å². The van der Waals surface area contributed by atoms with Crippen LogP contribution in [-0.2, 0) is 0 Å². The first kappa shape index (κ1) is 15.3. The summed E-state index contributed by atoms with van der Waals surface area (Å²) in [5.41, 5.74) is 1.77.